The molecule has 0 amide bonds. The Kier molecular flexibility index (Phi) is 14.8. The Labute approximate surface area is 226 Å². The molecule has 0 radical (unpaired) electrons. The van der Waals surface area contributed by atoms with Gasteiger partial charge in [0.1, 0.15) is 5.76 Å². The summed E-state index contributed by atoms with van der Waals surface area (Å²) in [7, 11) is 0. The number of unbranched alkanes of at least 4 members (excludes halogenated alkanes) is 1. The number of ether oxygens (including phenoxy) is 1. The van der Waals surface area contributed by atoms with Crippen molar-refractivity contribution in [3.05, 3.63) is 96.0 Å². The minimum Gasteiger partial charge on any atom is -0.494 e. The van der Waals surface area contributed by atoms with Crippen LogP contribution in [-0.4, -0.2) is 36.3 Å². The number of likely N-dealkylation sites (tertiary alicyclic amines) is 1. The first-order valence-electron chi connectivity index (χ1n) is 14.1. The Morgan fingerprint density at radius 1 is 1.16 bits per heavy atom. The fourth-order valence-electron chi connectivity index (χ4n) is 4.83. The molecule has 1 fully saturated rings. The Bertz CT molecular complexity index is 893. The predicted molar refractivity (Wildman–Crippen MR) is 158 cm³/mol. The molecule has 1 saturated heterocycles. The number of nitrogens with zero attached hydrogens (tertiary/aromatic N) is 1. The van der Waals surface area contributed by atoms with Crippen LogP contribution in [0.25, 0.3) is 0 Å². The first kappa shape index (κ1) is 30.7. The van der Waals surface area contributed by atoms with E-state index in [1.54, 1.807) is 6.08 Å². The molecule has 2 rings (SSSR count). The molecule has 0 spiro atoms. The lowest BCUT2D eigenvalue weighted by Gasteiger charge is -2.26. The summed E-state index contributed by atoms with van der Waals surface area (Å²) in [5, 5.41) is 9.56. The molecule has 2 N–H and O–H groups in total. The predicted octanol–water partition coefficient (Wildman–Crippen LogP) is 8.34. The van der Waals surface area contributed by atoms with Gasteiger partial charge in [0.2, 0.25) is 0 Å². The molecule has 2 aliphatic rings. The highest BCUT2D eigenvalue weighted by Crippen LogP contribution is 2.33. The SMILES string of the molecule is C=C/C=C(\C=C/CCCC(CC1=C/C(=C/C=C(C)C)CCC1=C)C(=C)NO)OCCCN1CCCCC1. The average Bonchev–Trinajstić information content (AvgIpc) is 2.90. The molecule has 0 aromatic heterocycles. The maximum Gasteiger partial charge on any atom is 0.118 e. The maximum absolute atomic E-state index is 9.56. The van der Waals surface area contributed by atoms with Gasteiger partial charge in [-0.15, -0.1) is 0 Å². The summed E-state index contributed by atoms with van der Waals surface area (Å²) in [6, 6.07) is 0. The van der Waals surface area contributed by atoms with Crippen LogP contribution in [0.3, 0.4) is 0 Å². The van der Waals surface area contributed by atoms with Gasteiger partial charge >= 0.3 is 0 Å². The summed E-state index contributed by atoms with van der Waals surface area (Å²) in [4.78, 5) is 2.55. The third-order valence-electron chi connectivity index (χ3n) is 7.09. The van der Waals surface area contributed by atoms with E-state index in [4.69, 9.17) is 4.74 Å². The van der Waals surface area contributed by atoms with Gasteiger partial charge in [0.15, 0.2) is 0 Å². The minimum atomic E-state index is 0.151. The van der Waals surface area contributed by atoms with Crippen LogP contribution in [0.15, 0.2) is 96.0 Å². The molecule has 1 atom stereocenters. The zero-order chi connectivity index (χ0) is 26.9. The van der Waals surface area contributed by atoms with Crippen LogP contribution >= 0.6 is 0 Å². The Hall–Kier alpha value is -2.56. The van der Waals surface area contributed by atoms with E-state index in [0.29, 0.717) is 5.70 Å². The van der Waals surface area contributed by atoms with Gasteiger partial charge in [0, 0.05) is 18.2 Å². The summed E-state index contributed by atoms with van der Waals surface area (Å²) in [6.07, 6.45) is 25.4. The lowest BCUT2D eigenvalue weighted by Crippen LogP contribution is -2.31. The van der Waals surface area contributed by atoms with E-state index in [1.165, 1.54) is 54.6 Å². The van der Waals surface area contributed by atoms with Crippen LogP contribution in [-0.2, 0) is 4.74 Å². The molecule has 1 aliphatic carbocycles. The second-order valence-electron chi connectivity index (χ2n) is 10.5. The number of hydroxylamine groups is 1. The van der Waals surface area contributed by atoms with Crippen molar-refractivity contribution >= 4 is 0 Å². The quantitative estimate of drug-likeness (QED) is 0.0955. The summed E-state index contributed by atoms with van der Waals surface area (Å²) in [6.45, 7) is 20.7. The van der Waals surface area contributed by atoms with E-state index in [1.807, 2.05) is 6.08 Å². The van der Waals surface area contributed by atoms with Crippen LogP contribution in [0, 0.1) is 5.92 Å². The van der Waals surface area contributed by atoms with Crippen molar-refractivity contribution in [1.29, 1.82) is 0 Å². The maximum atomic E-state index is 9.56. The molecule has 4 nitrogen and oxygen atoms in total. The normalized spacial score (nSPS) is 19.0. The van der Waals surface area contributed by atoms with Crippen molar-refractivity contribution < 1.29 is 9.94 Å². The fourth-order valence-corrected chi connectivity index (χ4v) is 4.83. The van der Waals surface area contributed by atoms with Gasteiger partial charge in [-0.1, -0.05) is 67.7 Å². The van der Waals surface area contributed by atoms with E-state index >= 15 is 0 Å². The van der Waals surface area contributed by atoms with Crippen molar-refractivity contribution in [3.8, 4) is 0 Å². The average molecular weight is 507 g/mol. The zero-order valence-corrected chi connectivity index (χ0v) is 23.4. The molecular weight excluding hydrogens is 456 g/mol. The molecule has 37 heavy (non-hydrogen) atoms. The molecule has 0 bridgehead atoms. The second-order valence-corrected chi connectivity index (χ2v) is 10.5. The topological polar surface area (TPSA) is 44.7 Å². The van der Waals surface area contributed by atoms with Crippen molar-refractivity contribution in [2.75, 3.05) is 26.2 Å². The van der Waals surface area contributed by atoms with Crippen LogP contribution in [0.4, 0.5) is 0 Å². The van der Waals surface area contributed by atoms with E-state index in [9.17, 15) is 5.21 Å². The third-order valence-corrected chi connectivity index (χ3v) is 7.09. The molecule has 1 unspecified atom stereocenters. The largest absolute Gasteiger partial charge is 0.494 e. The monoisotopic (exact) mass is 506 g/mol. The molecule has 4 heteroatoms. The molecule has 0 aromatic carbocycles. The van der Waals surface area contributed by atoms with E-state index in [-0.39, 0.29) is 5.92 Å². The van der Waals surface area contributed by atoms with Crippen molar-refractivity contribution in [2.45, 2.75) is 78.1 Å². The van der Waals surface area contributed by atoms with Gasteiger partial charge in [-0.25, -0.2) is 0 Å². The Morgan fingerprint density at radius 2 is 1.95 bits per heavy atom. The van der Waals surface area contributed by atoms with E-state index in [2.05, 4.69) is 74.3 Å². The molecule has 204 valence electrons. The number of piperidine rings is 1. The van der Waals surface area contributed by atoms with E-state index < -0.39 is 0 Å². The minimum absolute atomic E-state index is 0.151. The third kappa shape index (κ3) is 12.5. The van der Waals surface area contributed by atoms with E-state index in [0.717, 1.165) is 63.9 Å². The second kappa shape index (κ2) is 17.8. The highest BCUT2D eigenvalue weighted by Gasteiger charge is 2.19. The Balaban J connectivity index is 1.83. The summed E-state index contributed by atoms with van der Waals surface area (Å²) >= 11 is 0. The van der Waals surface area contributed by atoms with Crippen LogP contribution in [0.2, 0.25) is 0 Å². The highest BCUT2D eigenvalue weighted by molar-refractivity contribution is 5.42. The highest BCUT2D eigenvalue weighted by atomic mass is 16.5. The number of allylic oxidation sites excluding steroid dienone is 12. The molecule has 0 aromatic rings. The molecule has 1 aliphatic heterocycles. The van der Waals surface area contributed by atoms with Gasteiger partial charge in [0.05, 0.1) is 6.61 Å². The lowest BCUT2D eigenvalue weighted by molar-refractivity contribution is 0.176. The summed E-state index contributed by atoms with van der Waals surface area (Å²) in [5.41, 5.74) is 8.08. The number of nitrogens with one attached hydrogen (secondary N) is 1. The molecular formula is C33H50N2O2. The number of rotatable bonds is 16. The van der Waals surface area contributed by atoms with Crippen molar-refractivity contribution in [3.63, 3.8) is 0 Å². The van der Waals surface area contributed by atoms with Crippen molar-refractivity contribution in [1.82, 2.24) is 10.4 Å². The summed E-state index contributed by atoms with van der Waals surface area (Å²) in [5.74, 6) is 1.02. The van der Waals surface area contributed by atoms with Gasteiger partial charge < -0.3 is 9.64 Å². The van der Waals surface area contributed by atoms with Crippen LogP contribution in [0.1, 0.15) is 78.1 Å². The van der Waals surface area contributed by atoms with Crippen molar-refractivity contribution in [2.24, 2.45) is 5.92 Å². The van der Waals surface area contributed by atoms with Crippen LogP contribution < -0.4 is 5.48 Å². The number of hydrogen-bond donors (Lipinski definition) is 2. The van der Waals surface area contributed by atoms with Gasteiger partial charge in [-0.05, 0) is 108 Å². The van der Waals surface area contributed by atoms with Gasteiger partial charge in [-0.2, -0.15) is 0 Å². The zero-order valence-electron chi connectivity index (χ0n) is 23.4. The van der Waals surface area contributed by atoms with Gasteiger partial charge in [0.25, 0.3) is 0 Å². The summed E-state index contributed by atoms with van der Waals surface area (Å²) < 4.78 is 6.01. The number of hydrogen-bond acceptors (Lipinski definition) is 4. The first-order chi connectivity index (χ1) is 17.9. The smallest absolute Gasteiger partial charge is 0.118 e. The van der Waals surface area contributed by atoms with Crippen LogP contribution in [0.5, 0.6) is 0 Å². The van der Waals surface area contributed by atoms with Gasteiger partial charge in [-0.3, -0.25) is 10.7 Å². The first-order valence-corrected chi connectivity index (χ1v) is 14.1. The standard InChI is InChI=1S/C33H50N2O2/c1-6-14-33(37-24-13-23-35-21-11-8-12-22-35)16-10-7-9-15-31(29(5)34-36)26-32-25-30(19-17-27(2)3)20-18-28(32)4/h6,10,14,16-17,19,25,31,34,36H,1,4-5,7-9,11-13,15,18,20-24,26H2,2-3H3/b16-10-,30-19+,33-14+. The molecule has 0 saturated carbocycles. The molecule has 1 heterocycles. The lowest BCUT2D eigenvalue weighted by atomic mass is 9.83. The fraction of sp³-hybridized carbons (Fsp3) is 0.515. The Morgan fingerprint density at radius 3 is 2.65 bits per heavy atom.